The molecule has 32 heavy (non-hydrogen) atoms. The van der Waals surface area contributed by atoms with Crippen molar-refractivity contribution in [3.8, 4) is 11.6 Å². The number of nitrogens with one attached hydrogen (secondary N) is 2. The number of hydrogen-bond acceptors (Lipinski definition) is 6. The fraction of sp³-hybridized carbons (Fsp3) is 0.280. The highest BCUT2D eigenvalue weighted by Crippen LogP contribution is 2.27. The van der Waals surface area contributed by atoms with Crippen LogP contribution in [-0.4, -0.2) is 45.2 Å². The van der Waals surface area contributed by atoms with E-state index in [2.05, 4.69) is 49.4 Å². The zero-order chi connectivity index (χ0) is 21.8. The van der Waals surface area contributed by atoms with Crippen molar-refractivity contribution in [1.82, 2.24) is 19.9 Å². The minimum absolute atomic E-state index is 0.505. The molecule has 2 N–H and O–H groups in total. The number of benzene rings is 2. The Hall–Kier alpha value is -3.03. The minimum Gasteiger partial charge on any atom is -0.439 e. The predicted octanol–water partition coefficient (Wildman–Crippen LogP) is 5.99. The van der Waals surface area contributed by atoms with Crippen molar-refractivity contribution in [2.45, 2.75) is 24.7 Å². The van der Waals surface area contributed by atoms with Crippen LogP contribution in [0.2, 0.25) is 0 Å². The van der Waals surface area contributed by atoms with Crippen LogP contribution >= 0.6 is 11.8 Å². The van der Waals surface area contributed by atoms with Gasteiger partial charge >= 0.3 is 0 Å². The Morgan fingerprint density at radius 1 is 1.09 bits per heavy atom. The molecule has 164 valence electrons. The summed E-state index contributed by atoms with van der Waals surface area (Å²) < 4.78 is 5.99. The Morgan fingerprint density at radius 2 is 2.00 bits per heavy atom. The number of aryl methyl sites for hydroxylation is 1. The third-order valence-electron chi connectivity index (χ3n) is 5.54. The molecule has 6 nitrogen and oxygen atoms in total. The van der Waals surface area contributed by atoms with Gasteiger partial charge in [0.25, 0.3) is 0 Å². The summed E-state index contributed by atoms with van der Waals surface area (Å²) in [5, 5.41) is 4.42. The molecule has 1 aliphatic rings. The van der Waals surface area contributed by atoms with E-state index in [-0.39, 0.29) is 0 Å². The monoisotopic (exact) mass is 445 g/mol. The van der Waals surface area contributed by atoms with Gasteiger partial charge in [0.15, 0.2) is 0 Å². The van der Waals surface area contributed by atoms with Crippen molar-refractivity contribution in [2.75, 3.05) is 30.7 Å². The summed E-state index contributed by atoms with van der Waals surface area (Å²) >= 11 is 1.89. The molecule has 0 saturated carbocycles. The van der Waals surface area contributed by atoms with Gasteiger partial charge in [-0.15, -0.1) is 11.8 Å². The van der Waals surface area contributed by atoms with Crippen LogP contribution in [-0.2, 0) is 0 Å². The van der Waals surface area contributed by atoms with E-state index in [1.165, 1.54) is 30.8 Å². The molecule has 7 heteroatoms. The highest BCUT2D eigenvalue weighted by atomic mass is 32.2. The maximum absolute atomic E-state index is 5.99. The van der Waals surface area contributed by atoms with Crippen LogP contribution in [0.3, 0.4) is 0 Å². The van der Waals surface area contributed by atoms with Gasteiger partial charge < -0.3 is 19.9 Å². The third-order valence-corrected chi connectivity index (χ3v) is 6.52. The van der Waals surface area contributed by atoms with Crippen LogP contribution in [0, 0.1) is 6.92 Å². The van der Waals surface area contributed by atoms with Gasteiger partial charge in [-0.25, -0.2) is 4.98 Å². The lowest BCUT2D eigenvalue weighted by Crippen LogP contribution is -2.21. The van der Waals surface area contributed by atoms with Crippen LogP contribution in [0.1, 0.15) is 18.5 Å². The smallest absolute Gasteiger partial charge is 0.230 e. The fourth-order valence-corrected chi connectivity index (χ4v) is 4.96. The fourth-order valence-electron chi connectivity index (χ4n) is 3.99. The zero-order valence-electron chi connectivity index (χ0n) is 18.2. The molecule has 2 aromatic carbocycles. The number of hydrogen-bond donors (Lipinski definition) is 2. The van der Waals surface area contributed by atoms with E-state index in [1.807, 2.05) is 43.0 Å². The number of anilines is 2. The normalized spacial score (nSPS) is 14.2. The van der Waals surface area contributed by atoms with Crippen molar-refractivity contribution in [3.05, 3.63) is 66.5 Å². The van der Waals surface area contributed by atoms with Crippen molar-refractivity contribution in [2.24, 2.45) is 0 Å². The van der Waals surface area contributed by atoms with E-state index in [9.17, 15) is 0 Å². The maximum Gasteiger partial charge on any atom is 0.230 e. The van der Waals surface area contributed by atoms with Crippen molar-refractivity contribution < 1.29 is 4.74 Å². The molecular weight excluding hydrogens is 418 g/mol. The van der Waals surface area contributed by atoms with Gasteiger partial charge in [-0.05, 0) is 75.3 Å². The Bertz CT molecular complexity index is 1200. The quantitative estimate of drug-likeness (QED) is 0.325. The van der Waals surface area contributed by atoms with E-state index >= 15 is 0 Å². The van der Waals surface area contributed by atoms with E-state index in [0.717, 1.165) is 40.3 Å². The Kier molecular flexibility index (Phi) is 6.27. The van der Waals surface area contributed by atoms with Crippen molar-refractivity contribution >= 4 is 34.3 Å². The van der Waals surface area contributed by atoms with Crippen LogP contribution in [0.15, 0.2) is 65.7 Å². The molecule has 0 aliphatic carbocycles. The molecule has 0 atom stereocenters. The summed E-state index contributed by atoms with van der Waals surface area (Å²) in [6.07, 6.45) is 4.39. The summed E-state index contributed by atoms with van der Waals surface area (Å²) in [5.41, 5.74) is 3.19. The number of likely N-dealkylation sites (tertiary alicyclic amines) is 1. The standard InChI is InChI=1S/C25H27N5OS/c1-18-15-19-16-21(7-8-23(19)27-18)31-24-9-10-26-25(29-24)28-20-5-4-6-22(17-20)32-14-13-30-11-2-3-12-30/h4-10,15-17,27H,2-3,11-14H2,1H3,(H,26,28,29). The molecule has 1 aliphatic heterocycles. The molecule has 0 amide bonds. The lowest BCUT2D eigenvalue weighted by atomic mass is 10.2. The number of aromatic nitrogens is 3. The number of thioether (sulfide) groups is 1. The third kappa shape index (κ3) is 5.23. The first kappa shape index (κ1) is 20.8. The van der Waals surface area contributed by atoms with Crippen molar-refractivity contribution in [1.29, 1.82) is 0 Å². The highest BCUT2D eigenvalue weighted by Gasteiger charge is 2.11. The van der Waals surface area contributed by atoms with Gasteiger partial charge in [-0.3, -0.25) is 0 Å². The van der Waals surface area contributed by atoms with Gasteiger partial charge in [0.2, 0.25) is 11.8 Å². The number of ether oxygens (including phenoxy) is 1. The van der Waals surface area contributed by atoms with Gasteiger partial charge in [-0.2, -0.15) is 4.98 Å². The molecule has 0 bridgehead atoms. The van der Waals surface area contributed by atoms with Gasteiger partial charge in [0.05, 0.1) is 0 Å². The van der Waals surface area contributed by atoms with Gasteiger partial charge in [0, 0.05) is 51.7 Å². The minimum atomic E-state index is 0.505. The first-order valence-corrected chi connectivity index (χ1v) is 12.0. The molecule has 0 radical (unpaired) electrons. The number of H-pyrrole nitrogens is 1. The summed E-state index contributed by atoms with van der Waals surface area (Å²) in [6, 6.07) is 18.2. The van der Waals surface area contributed by atoms with Crippen LogP contribution in [0.5, 0.6) is 11.6 Å². The van der Waals surface area contributed by atoms with Crippen LogP contribution in [0.4, 0.5) is 11.6 Å². The Labute approximate surface area is 192 Å². The highest BCUT2D eigenvalue weighted by molar-refractivity contribution is 7.99. The summed E-state index contributed by atoms with van der Waals surface area (Å²) in [5.74, 6) is 2.87. The van der Waals surface area contributed by atoms with Crippen LogP contribution < -0.4 is 10.1 Å². The lowest BCUT2D eigenvalue weighted by molar-refractivity contribution is 0.362. The van der Waals surface area contributed by atoms with E-state index in [1.54, 1.807) is 12.3 Å². The summed E-state index contributed by atoms with van der Waals surface area (Å²) in [6.45, 7) is 5.69. The second kappa shape index (κ2) is 9.63. The Balaban J connectivity index is 1.22. The Morgan fingerprint density at radius 3 is 2.91 bits per heavy atom. The van der Waals surface area contributed by atoms with Crippen molar-refractivity contribution in [3.63, 3.8) is 0 Å². The second-order valence-corrected chi connectivity index (χ2v) is 9.24. The molecule has 0 unspecified atom stereocenters. The number of nitrogens with zero attached hydrogens (tertiary/aromatic N) is 3. The molecular formula is C25H27N5OS. The van der Waals surface area contributed by atoms with Crippen LogP contribution in [0.25, 0.3) is 10.9 Å². The van der Waals surface area contributed by atoms with Gasteiger partial charge in [0.1, 0.15) is 5.75 Å². The maximum atomic E-state index is 5.99. The SMILES string of the molecule is Cc1cc2cc(Oc3ccnc(Nc4cccc(SCCN5CCCC5)c4)n3)ccc2[nH]1. The first-order chi connectivity index (χ1) is 15.7. The van der Waals surface area contributed by atoms with Gasteiger partial charge in [-0.1, -0.05) is 6.07 Å². The number of fused-ring (bicyclic) bond motifs is 1. The van der Waals surface area contributed by atoms with E-state index in [0.29, 0.717) is 11.8 Å². The molecule has 1 saturated heterocycles. The molecule has 3 heterocycles. The summed E-state index contributed by atoms with van der Waals surface area (Å²) in [4.78, 5) is 16.0. The molecule has 5 rings (SSSR count). The topological polar surface area (TPSA) is 66.1 Å². The van der Waals surface area contributed by atoms with E-state index < -0.39 is 0 Å². The average molecular weight is 446 g/mol. The summed E-state index contributed by atoms with van der Waals surface area (Å²) in [7, 11) is 0. The average Bonchev–Trinajstić information content (AvgIpc) is 3.43. The molecule has 0 spiro atoms. The predicted molar refractivity (Wildman–Crippen MR) is 131 cm³/mol. The second-order valence-electron chi connectivity index (χ2n) is 8.07. The number of aromatic amines is 1. The molecule has 1 fully saturated rings. The number of rotatable bonds is 8. The molecule has 2 aromatic heterocycles. The molecule has 4 aromatic rings. The van der Waals surface area contributed by atoms with E-state index in [4.69, 9.17) is 4.74 Å². The zero-order valence-corrected chi connectivity index (χ0v) is 19.0. The first-order valence-electron chi connectivity index (χ1n) is 11.0. The largest absolute Gasteiger partial charge is 0.439 e. The lowest BCUT2D eigenvalue weighted by Gasteiger charge is -2.14.